The Bertz CT molecular complexity index is 912. The minimum Gasteiger partial charge on any atom is -0.352 e. The molecule has 6 nitrogen and oxygen atoms in total. The molecule has 1 fully saturated rings. The molecule has 0 radical (unpaired) electrons. The Morgan fingerprint density at radius 2 is 1.85 bits per heavy atom. The van der Waals surface area contributed by atoms with Gasteiger partial charge in [-0.25, -0.2) is 17.5 Å². The molecule has 144 valence electrons. The van der Waals surface area contributed by atoms with Gasteiger partial charge in [-0.1, -0.05) is 24.3 Å². The van der Waals surface area contributed by atoms with Crippen LogP contribution in [0, 0.1) is 11.7 Å². The largest absolute Gasteiger partial charge is 0.352 e. The molecule has 0 spiro atoms. The normalized spacial score (nSPS) is 17.0. The summed E-state index contributed by atoms with van der Waals surface area (Å²) in [6, 6.07) is 12.2. The van der Waals surface area contributed by atoms with Gasteiger partial charge in [0.15, 0.2) is 0 Å². The van der Waals surface area contributed by atoms with E-state index in [1.165, 1.54) is 30.3 Å². The zero-order valence-electron chi connectivity index (χ0n) is 14.7. The first-order chi connectivity index (χ1) is 12.9. The second-order valence-electron chi connectivity index (χ2n) is 6.51. The second-order valence-corrected chi connectivity index (χ2v) is 8.28. The third kappa shape index (κ3) is 5.35. The highest BCUT2D eigenvalue weighted by molar-refractivity contribution is 7.89. The van der Waals surface area contributed by atoms with Crippen molar-refractivity contribution in [2.45, 2.75) is 24.4 Å². The van der Waals surface area contributed by atoms with Crippen molar-refractivity contribution in [2.24, 2.45) is 5.92 Å². The predicted molar refractivity (Wildman–Crippen MR) is 99.7 cm³/mol. The molecule has 1 heterocycles. The van der Waals surface area contributed by atoms with Gasteiger partial charge in [-0.05, 0) is 48.4 Å². The Labute approximate surface area is 158 Å². The molecule has 1 aliphatic heterocycles. The number of hydrogen-bond donors (Lipinski definition) is 3. The zero-order valence-corrected chi connectivity index (χ0v) is 15.6. The number of nitrogens with one attached hydrogen (secondary N) is 3. The highest BCUT2D eigenvalue weighted by Crippen LogP contribution is 2.13. The van der Waals surface area contributed by atoms with E-state index in [9.17, 15) is 17.6 Å². The van der Waals surface area contributed by atoms with Gasteiger partial charge in [-0.2, -0.15) is 0 Å². The first-order valence-corrected chi connectivity index (χ1v) is 10.2. The van der Waals surface area contributed by atoms with E-state index in [1.54, 1.807) is 18.2 Å². The molecule has 1 atom stereocenters. The molecule has 3 rings (SSSR count). The molecule has 27 heavy (non-hydrogen) atoms. The minimum absolute atomic E-state index is 0.00423. The molecule has 1 aliphatic rings. The zero-order chi connectivity index (χ0) is 19.3. The Morgan fingerprint density at radius 3 is 2.56 bits per heavy atom. The third-order valence-corrected chi connectivity index (χ3v) is 5.86. The van der Waals surface area contributed by atoms with Gasteiger partial charge in [0, 0.05) is 19.6 Å². The van der Waals surface area contributed by atoms with Crippen molar-refractivity contribution in [3.05, 3.63) is 65.5 Å². The average molecular weight is 391 g/mol. The monoisotopic (exact) mass is 391 g/mol. The lowest BCUT2D eigenvalue weighted by Crippen LogP contribution is -2.31. The highest BCUT2D eigenvalue weighted by atomic mass is 32.2. The quantitative estimate of drug-likeness (QED) is 0.668. The smallest absolute Gasteiger partial charge is 0.240 e. The Balaban J connectivity index is 1.61. The van der Waals surface area contributed by atoms with Crippen LogP contribution >= 0.6 is 0 Å². The summed E-state index contributed by atoms with van der Waals surface area (Å²) in [6.45, 7) is 1.77. The van der Waals surface area contributed by atoms with E-state index in [0.717, 1.165) is 13.0 Å². The molecule has 0 saturated carbocycles. The lowest BCUT2D eigenvalue weighted by Gasteiger charge is -2.11. The summed E-state index contributed by atoms with van der Waals surface area (Å²) in [5, 5.41) is 5.99. The van der Waals surface area contributed by atoms with Gasteiger partial charge in [0.05, 0.1) is 10.8 Å². The molecule has 2 aromatic rings. The van der Waals surface area contributed by atoms with Crippen LogP contribution in [0.15, 0.2) is 53.4 Å². The first kappa shape index (κ1) is 19.5. The second kappa shape index (κ2) is 8.60. The topological polar surface area (TPSA) is 87.3 Å². The fourth-order valence-electron chi connectivity index (χ4n) is 2.94. The molecular formula is C19H22FN3O3S. The summed E-state index contributed by atoms with van der Waals surface area (Å²) in [5.41, 5.74) is 1.23. The number of rotatable bonds is 7. The van der Waals surface area contributed by atoms with Gasteiger partial charge in [-0.15, -0.1) is 0 Å². The van der Waals surface area contributed by atoms with Gasteiger partial charge in [0.1, 0.15) is 5.82 Å². The molecule has 3 N–H and O–H groups in total. The van der Waals surface area contributed by atoms with Gasteiger partial charge in [0.2, 0.25) is 15.9 Å². The molecule has 2 aromatic carbocycles. The molecule has 1 saturated heterocycles. The Kier molecular flexibility index (Phi) is 6.20. The van der Waals surface area contributed by atoms with Crippen molar-refractivity contribution in [1.82, 2.24) is 15.4 Å². The Hall–Kier alpha value is -2.29. The van der Waals surface area contributed by atoms with Crippen molar-refractivity contribution in [1.29, 1.82) is 0 Å². The fraction of sp³-hybridized carbons (Fsp3) is 0.316. The number of hydrogen-bond acceptors (Lipinski definition) is 4. The average Bonchev–Trinajstić information content (AvgIpc) is 3.20. The number of carbonyl (C=O) groups excluding carboxylic acids is 1. The van der Waals surface area contributed by atoms with Crippen molar-refractivity contribution in [2.75, 3.05) is 13.1 Å². The fourth-order valence-corrected chi connectivity index (χ4v) is 4.03. The lowest BCUT2D eigenvalue weighted by molar-refractivity contribution is -0.124. The van der Waals surface area contributed by atoms with Gasteiger partial charge in [0.25, 0.3) is 0 Å². The van der Waals surface area contributed by atoms with E-state index < -0.39 is 15.8 Å². The van der Waals surface area contributed by atoms with Crippen molar-refractivity contribution in [3.63, 3.8) is 0 Å². The first-order valence-electron chi connectivity index (χ1n) is 8.75. The van der Waals surface area contributed by atoms with Gasteiger partial charge < -0.3 is 10.6 Å². The van der Waals surface area contributed by atoms with E-state index in [2.05, 4.69) is 15.4 Å². The van der Waals surface area contributed by atoms with E-state index in [1.807, 2.05) is 0 Å². The molecule has 8 heteroatoms. The summed E-state index contributed by atoms with van der Waals surface area (Å²) in [6.07, 6.45) is 0.810. The van der Waals surface area contributed by atoms with E-state index in [-0.39, 0.29) is 29.8 Å². The van der Waals surface area contributed by atoms with E-state index in [0.29, 0.717) is 17.7 Å². The van der Waals surface area contributed by atoms with Crippen LogP contribution in [0.25, 0.3) is 0 Å². The summed E-state index contributed by atoms with van der Waals surface area (Å²) in [4.78, 5) is 12.2. The summed E-state index contributed by atoms with van der Waals surface area (Å²) in [5.74, 6) is -0.482. The van der Waals surface area contributed by atoms with E-state index >= 15 is 0 Å². The van der Waals surface area contributed by atoms with Crippen LogP contribution in [0.3, 0.4) is 0 Å². The van der Waals surface area contributed by atoms with Crippen molar-refractivity contribution < 1.29 is 17.6 Å². The molecular weight excluding hydrogens is 369 g/mol. The molecule has 1 unspecified atom stereocenters. The van der Waals surface area contributed by atoms with Crippen LogP contribution in [0.4, 0.5) is 4.39 Å². The van der Waals surface area contributed by atoms with E-state index in [4.69, 9.17) is 0 Å². The van der Waals surface area contributed by atoms with Crippen LogP contribution in [0.5, 0.6) is 0 Å². The summed E-state index contributed by atoms with van der Waals surface area (Å²) >= 11 is 0. The van der Waals surface area contributed by atoms with Gasteiger partial charge in [-0.3, -0.25) is 4.79 Å². The van der Waals surface area contributed by atoms with Crippen LogP contribution in [0.1, 0.15) is 17.5 Å². The Morgan fingerprint density at radius 1 is 1.11 bits per heavy atom. The predicted octanol–water partition coefficient (Wildman–Crippen LogP) is 1.53. The standard InChI is InChI=1S/C19H22FN3O3S/c20-17-5-1-3-14(9-17)12-23-27(25,26)18-6-2-4-15(10-18)11-22-19(24)16-7-8-21-13-16/h1-6,9-10,16,21,23H,7-8,11-13H2,(H,22,24). The molecule has 0 bridgehead atoms. The maximum atomic E-state index is 13.2. The number of halogens is 1. The third-order valence-electron chi connectivity index (χ3n) is 4.46. The van der Waals surface area contributed by atoms with Crippen molar-refractivity contribution in [3.8, 4) is 0 Å². The minimum atomic E-state index is -3.74. The van der Waals surface area contributed by atoms with Crippen molar-refractivity contribution >= 4 is 15.9 Å². The number of carbonyl (C=O) groups is 1. The number of amides is 1. The lowest BCUT2D eigenvalue weighted by atomic mass is 10.1. The van der Waals surface area contributed by atoms with Crippen LogP contribution in [0.2, 0.25) is 0 Å². The molecule has 0 aliphatic carbocycles. The number of benzene rings is 2. The van der Waals surface area contributed by atoms with Gasteiger partial charge >= 0.3 is 0 Å². The summed E-state index contributed by atoms with van der Waals surface area (Å²) < 4.78 is 40.7. The molecule has 1 amide bonds. The number of sulfonamides is 1. The maximum Gasteiger partial charge on any atom is 0.240 e. The van der Waals surface area contributed by atoms with Crippen LogP contribution in [-0.2, 0) is 27.9 Å². The SMILES string of the molecule is O=C(NCc1cccc(S(=O)(=O)NCc2cccc(F)c2)c1)C1CCNC1. The van der Waals surface area contributed by atoms with Crippen LogP contribution in [-0.4, -0.2) is 27.4 Å². The maximum absolute atomic E-state index is 13.2. The molecule has 0 aromatic heterocycles. The highest BCUT2D eigenvalue weighted by Gasteiger charge is 2.22. The summed E-state index contributed by atoms with van der Waals surface area (Å²) in [7, 11) is -3.74. The van der Waals surface area contributed by atoms with Crippen LogP contribution < -0.4 is 15.4 Å².